The zero-order chi connectivity index (χ0) is 14.4. The second kappa shape index (κ2) is 7.26. The van der Waals surface area contributed by atoms with Gasteiger partial charge in [0.05, 0.1) is 13.2 Å². The van der Waals surface area contributed by atoms with Crippen molar-refractivity contribution in [3.8, 4) is 0 Å². The van der Waals surface area contributed by atoms with E-state index in [2.05, 4.69) is 4.90 Å². The minimum atomic E-state index is -0.308. The Bertz CT molecular complexity index is 418. The molecule has 1 aromatic rings. The van der Waals surface area contributed by atoms with Crippen LogP contribution >= 0.6 is 0 Å². The number of morpholine rings is 1. The molecule has 1 aromatic carbocycles. The molecule has 1 saturated heterocycles. The Labute approximate surface area is 120 Å². The molecule has 5 heteroatoms. The molecular weight excluding hydrogens is 256 g/mol. The summed E-state index contributed by atoms with van der Waals surface area (Å²) in [5.41, 5.74) is 0.856. The van der Waals surface area contributed by atoms with Gasteiger partial charge in [-0.15, -0.1) is 0 Å². The van der Waals surface area contributed by atoms with Gasteiger partial charge in [-0.1, -0.05) is 18.2 Å². The van der Waals surface area contributed by atoms with Gasteiger partial charge >= 0.3 is 6.09 Å². The van der Waals surface area contributed by atoms with Gasteiger partial charge in [-0.05, 0) is 26.0 Å². The van der Waals surface area contributed by atoms with Crippen molar-refractivity contribution in [2.75, 3.05) is 37.7 Å². The second-order valence-electron chi connectivity index (χ2n) is 4.71. The zero-order valence-corrected chi connectivity index (χ0v) is 12.1. The molecule has 1 heterocycles. The summed E-state index contributed by atoms with van der Waals surface area (Å²) in [6.45, 7) is 7.41. The van der Waals surface area contributed by atoms with Crippen LogP contribution in [0.5, 0.6) is 0 Å². The number of amides is 1. The number of benzene rings is 1. The Morgan fingerprint density at radius 1 is 1.35 bits per heavy atom. The smallest absolute Gasteiger partial charge is 0.415 e. The summed E-state index contributed by atoms with van der Waals surface area (Å²) in [5, 5.41) is 0. The molecule has 0 aliphatic carbocycles. The van der Waals surface area contributed by atoms with Crippen molar-refractivity contribution in [2.45, 2.75) is 20.1 Å². The normalized spacial score (nSPS) is 17.5. The third kappa shape index (κ3) is 3.71. The molecule has 20 heavy (non-hydrogen) atoms. The summed E-state index contributed by atoms with van der Waals surface area (Å²) in [6.07, 6.45) is -0.540. The summed E-state index contributed by atoms with van der Waals surface area (Å²) in [4.78, 5) is 16.0. The molecule has 1 amide bonds. The van der Waals surface area contributed by atoms with Crippen LogP contribution in [0.2, 0.25) is 0 Å². The van der Waals surface area contributed by atoms with E-state index in [4.69, 9.17) is 9.47 Å². The van der Waals surface area contributed by atoms with Gasteiger partial charge in [0.2, 0.25) is 0 Å². The Hall–Kier alpha value is -1.59. The van der Waals surface area contributed by atoms with E-state index in [1.807, 2.05) is 44.2 Å². The zero-order valence-electron chi connectivity index (χ0n) is 12.1. The highest BCUT2D eigenvalue weighted by Crippen LogP contribution is 2.15. The third-order valence-corrected chi connectivity index (χ3v) is 3.44. The van der Waals surface area contributed by atoms with Crippen molar-refractivity contribution in [1.29, 1.82) is 0 Å². The van der Waals surface area contributed by atoms with Gasteiger partial charge < -0.3 is 9.47 Å². The lowest BCUT2D eigenvalue weighted by atomic mass is 10.3. The average molecular weight is 278 g/mol. The molecule has 0 radical (unpaired) electrons. The first kappa shape index (κ1) is 14.8. The van der Waals surface area contributed by atoms with Crippen molar-refractivity contribution < 1.29 is 14.3 Å². The van der Waals surface area contributed by atoms with Crippen molar-refractivity contribution in [3.63, 3.8) is 0 Å². The molecule has 1 atom stereocenters. The minimum Gasteiger partial charge on any atom is -0.430 e. The van der Waals surface area contributed by atoms with E-state index in [1.54, 1.807) is 4.90 Å². The summed E-state index contributed by atoms with van der Waals surface area (Å²) < 4.78 is 10.9. The fraction of sp³-hybridized carbons (Fsp3) is 0.533. The van der Waals surface area contributed by atoms with Crippen LogP contribution in [0.25, 0.3) is 0 Å². The first-order valence-corrected chi connectivity index (χ1v) is 7.07. The molecule has 0 spiro atoms. The average Bonchev–Trinajstić information content (AvgIpc) is 2.50. The first-order chi connectivity index (χ1) is 9.72. The molecule has 0 aromatic heterocycles. The molecule has 1 unspecified atom stereocenters. The van der Waals surface area contributed by atoms with Gasteiger partial charge in [0.1, 0.15) is 0 Å². The molecule has 2 rings (SSSR count). The number of anilines is 1. The van der Waals surface area contributed by atoms with Crippen LogP contribution in [-0.4, -0.2) is 50.1 Å². The second-order valence-corrected chi connectivity index (χ2v) is 4.71. The third-order valence-electron chi connectivity index (χ3n) is 3.44. The summed E-state index contributed by atoms with van der Waals surface area (Å²) in [5.74, 6) is 0. The number of carbonyl (C=O) groups excluding carboxylic acids is 1. The Morgan fingerprint density at radius 2 is 2.00 bits per heavy atom. The SMILES string of the molecule is CCN(C(=O)OC(C)N1CCOCC1)c1ccccc1. The van der Waals surface area contributed by atoms with E-state index in [1.165, 1.54) is 0 Å². The van der Waals surface area contributed by atoms with Crippen LogP contribution in [0.1, 0.15) is 13.8 Å². The quantitative estimate of drug-likeness (QED) is 0.847. The van der Waals surface area contributed by atoms with E-state index < -0.39 is 0 Å². The molecule has 0 bridgehead atoms. The van der Waals surface area contributed by atoms with E-state index >= 15 is 0 Å². The molecule has 0 saturated carbocycles. The lowest BCUT2D eigenvalue weighted by Gasteiger charge is -2.33. The summed E-state index contributed by atoms with van der Waals surface area (Å²) in [7, 11) is 0. The summed E-state index contributed by atoms with van der Waals surface area (Å²) >= 11 is 0. The minimum absolute atomic E-state index is 0.232. The number of nitrogens with zero attached hydrogens (tertiary/aromatic N) is 2. The number of rotatable bonds is 4. The molecule has 1 fully saturated rings. The van der Waals surface area contributed by atoms with Gasteiger partial charge in [-0.3, -0.25) is 9.80 Å². The van der Waals surface area contributed by atoms with Crippen molar-refractivity contribution in [1.82, 2.24) is 4.90 Å². The first-order valence-electron chi connectivity index (χ1n) is 7.07. The standard InChI is InChI=1S/C15H22N2O3/c1-3-17(14-7-5-4-6-8-14)15(18)20-13(2)16-9-11-19-12-10-16/h4-8,13H,3,9-12H2,1-2H3. The van der Waals surface area contributed by atoms with Gasteiger partial charge in [0, 0.05) is 25.3 Å². The van der Waals surface area contributed by atoms with Crippen LogP contribution < -0.4 is 4.90 Å². The number of carbonyl (C=O) groups is 1. The van der Waals surface area contributed by atoms with Gasteiger partial charge in [-0.25, -0.2) is 4.79 Å². The van der Waals surface area contributed by atoms with Crippen LogP contribution in [0.3, 0.4) is 0 Å². The van der Waals surface area contributed by atoms with Crippen LogP contribution in [0, 0.1) is 0 Å². The molecule has 5 nitrogen and oxygen atoms in total. The van der Waals surface area contributed by atoms with Crippen molar-refractivity contribution in [2.24, 2.45) is 0 Å². The highest BCUT2D eigenvalue weighted by Gasteiger charge is 2.23. The maximum Gasteiger partial charge on any atom is 0.415 e. The lowest BCUT2D eigenvalue weighted by Crippen LogP contribution is -2.46. The molecular formula is C15H22N2O3. The highest BCUT2D eigenvalue weighted by atomic mass is 16.6. The fourth-order valence-electron chi connectivity index (χ4n) is 2.25. The molecule has 1 aliphatic heterocycles. The number of para-hydroxylation sites is 1. The molecule has 0 N–H and O–H groups in total. The maximum atomic E-state index is 12.3. The van der Waals surface area contributed by atoms with Crippen LogP contribution in [-0.2, 0) is 9.47 Å². The van der Waals surface area contributed by atoms with Crippen molar-refractivity contribution in [3.05, 3.63) is 30.3 Å². The topological polar surface area (TPSA) is 42.0 Å². The number of ether oxygens (including phenoxy) is 2. The largest absolute Gasteiger partial charge is 0.430 e. The van der Waals surface area contributed by atoms with E-state index in [0.717, 1.165) is 18.8 Å². The van der Waals surface area contributed by atoms with Gasteiger partial charge in [0.25, 0.3) is 0 Å². The van der Waals surface area contributed by atoms with Gasteiger partial charge in [-0.2, -0.15) is 0 Å². The van der Waals surface area contributed by atoms with E-state index in [9.17, 15) is 4.79 Å². The number of hydrogen-bond donors (Lipinski definition) is 0. The Kier molecular flexibility index (Phi) is 5.38. The Balaban J connectivity index is 1.95. The predicted octanol–water partition coefficient (Wildman–Crippen LogP) is 2.33. The maximum absolute atomic E-state index is 12.3. The molecule has 110 valence electrons. The van der Waals surface area contributed by atoms with Crippen LogP contribution in [0.4, 0.5) is 10.5 Å². The lowest BCUT2D eigenvalue weighted by molar-refractivity contribution is -0.0539. The predicted molar refractivity (Wildman–Crippen MR) is 77.8 cm³/mol. The Morgan fingerprint density at radius 3 is 2.60 bits per heavy atom. The highest BCUT2D eigenvalue weighted by molar-refractivity contribution is 5.87. The van der Waals surface area contributed by atoms with E-state index in [0.29, 0.717) is 19.8 Å². The monoisotopic (exact) mass is 278 g/mol. The van der Waals surface area contributed by atoms with Crippen molar-refractivity contribution >= 4 is 11.8 Å². The van der Waals surface area contributed by atoms with E-state index in [-0.39, 0.29) is 12.3 Å². The van der Waals surface area contributed by atoms with Gasteiger partial charge in [0.15, 0.2) is 6.23 Å². The molecule has 1 aliphatic rings. The summed E-state index contributed by atoms with van der Waals surface area (Å²) in [6, 6.07) is 9.57. The number of hydrogen-bond acceptors (Lipinski definition) is 4. The van der Waals surface area contributed by atoms with Crippen LogP contribution in [0.15, 0.2) is 30.3 Å². The fourth-order valence-corrected chi connectivity index (χ4v) is 2.25.